The summed E-state index contributed by atoms with van der Waals surface area (Å²) in [6.45, 7) is 3.89. The molecule has 0 bridgehead atoms. The molecule has 0 unspecified atom stereocenters. The van der Waals surface area contributed by atoms with E-state index in [2.05, 4.69) is 15.8 Å². The molecule has 3 aromatic rings. The molecule has 0 saturated carbocycles. The Morgan fingerprint density at radius 1 is 0.970 bits per heavy atom. The molecule has 3 aromatic carbocycles. The van der Waals surface area contributed by atoms with E-state index in [1.54, 1.807) is 30.5 Å². The number of thioether (sulfide) groups is 1. The van der Waals surface area contributed by atoms with Crippen LogP contribution in [0.1, 0.15) is 29.7 Å². The van der Waals surface area contributed by atoms with Crippen LogP contribution in [0.5, 0.6) is 5.75 Å². The summed E-state index contributed by atoms with van der Waals surface area (Å²) in [6.07, 6.45) is 1.56. The van der Waals surface area contributed by atoms with Gasteiger partial charge in [0.1, 0.15) is 5.75 Å². The molecule has 2 N–H and O–H groups in total. The van der Waals surface area contributed by atoms with Crippen LogP contribution in [0.15, 0.2) is 88.9 Å². The normalized spacial score (nSPS) is 11.7. The molecule has 0 heterocycles. The van der Waals surface area contributed by atoms with E-state index in [-0.39, 0.29) is 30.2 Å². The second-order valence-corrected chi connectivity index (χ2v) is 8.50. The fourth-order valence-corrected chi connectivity index (χ4v) is 3.59. The molecule has 6 nitrogen and oxygen atoms in total. The Morgan fingerprint density at radius 3 is 2.36 bits per heavy atom. The molecule has 1 atom stereocenters. The van der Waals surface area contributed by atoms with Gasteiger partial charge in [-0.2, -0.15) is 5.10 Å². The van der Waals surface area contributed by atoms with Crippen LogP contribution < -0.4 is 15.5 Å². The molecule has 0 saturated heterocycles. The summed E-state index contributed by atoms with van der Waals surface area (Å²) in [5.41, 5.74) is 5.55. The molecule has 3 rings (SSSR count). The summed E-state index contributed by atoms with van der Waals surface area (Å²) < 4.78 is 5.55. The Kier molecular flexibility index (Phi) is 9.08. The summed E-state index contributed by atoms with van der Waals surface area (Å²) in [5.74, 6) is 0.502. The number of rotatable bonds is 10. The quantitative estimate of drug-likeness (QED) is 0.265. The molecule has 0 spiro atoms. The van der Waals surface area contributed by atoms with Crippen molar-refractivity contribution >= 4 is 29.8 Å². The third-order valence-electron chi connectivity index (χ3n) is 4.72. The van der Waals surface area contributed by atoms with Gasteiger partial charge in [0, 0.05) is 4.90 Å². The Morgan fingerprint density at radius 2 is 1.67 bits per heavy atom. The van der Waals surface area contributed by atoms with Crippen LogP contribution in [0.3, 0.4) is 0 Å². The first-order valence-electron chi connectivity index (χ1n) is 10.6. The molecule has 2 amide bonds. The highest BCUT2D eigenvalue weighted by molar-refractivity contribution is 8.00. The number of amides is 2. The minimum absolute atomic E-state index is 0.0701. The van der Waals surface area contributed by atoms with Gasteiger partial charge in [0.2, 0.25) is 5.91 Å². The number of hydrazone groups is 1. The van der Waals surface area contributed by atoms with Crippen molar-refractivity contribution in [1.82, 2.24) is 10.7 Å². The van der Waals surface area contributed by atoms with Gasteiger partial charge < -0.3 is 10.1 Å². The molecule has 7 heteroatoms. The summed E-state index contributed by atoms with van der Waals surface area (Å²) in [7, 11) is 0. The van der Waals surface area contributed by atoms with E-state index in [4.69, 9.17) is 4.74 Å². The Hall–Kier alpha value is -3.58. The SMILES string of the molecule is Cc1ccc(SCC(=O)N/N=C\c2ccc(OCC(=O)N[C@H](C)c3ccccc3)cc2)cc1. The average molecular weight is 462 g/mol. The first-order chi connectivity index (χ1) is 16.0. The van der Waals surface area contributed by atoms with Gasteiger partial charge in [0.05, 0.1) is 18.0 Å². The topological polar surface area (TPSA) is 79.8 Å². The molecule has 170 valence electrons. The van der Waals surface area contributed by atoms with Gasteiger partial charge in [-0.25, -0.2) is 5.43 Å². The predicted molar refractivity (Wildman–Crippen MR) is 133 cm³/mol. The van der Waals surface area contributed by atoms with Gasteiger partial charge in [-0.3, -0.25) is 9.59 Å². The molecule has 33 heavy (non-hydrogen) atoms. The van der Waals surface area contributed by atoms with Crippen molar-refractivity contribution < 1.29 is 14.3 Å². The lowest BCUT2D eigenvalue weighted by Gasteiger charge is -2.14. The minimum Gasteiger partial charge on any atom is -0.484 e. The number of ether oxygens (including phenoxy) is 1. The van der Waals surface area contributed by atoms with Crippen molar-refractivity contribution in [2.45, 2.75) is 24.8 Å². The fraction of sp³-hybridized carbons (Fsp3) is 0.192. The molecular weight excluding hydrogens is 434 g/mol. The number of nitrogens with zero attached hydrogens (tertiary/aromatic N) is 1. The molecule has 0 aromatic heterocycles. The average Bonchev–Trinajstić information content (AvgIpc) is 2.84. The van der Waals surface area contributed by atoms with Crippen LogP contribution >= 0.6 is 11.8 Å². The van der Waals surface area contributed by atoms with Crippen LogP contribution in [0.2, 0.25) is 0 Å². The lowest BCUT2D eigenvalue weighted by Crippen LogP contribution is -2.31. The zero-order chi connectivity index (χ0) is 23.5. The van der Waals surface area contributed by atoms with Crippen molar-refractivity contribution in [2.24, 2.45) is 5.10 Å². The number of hydrogen-bond acceptors (Lipinski definition) is 5. The van der Waals surface area contributed by atoms with Crippen molar-refractivity contribution in [3.63, 3.8) is 0 Å². The summed E-state index contributed by atoms with van der Waals surface area (Å²) in [4.78, 5) is 25.1. The Balaban J connectivity index is 1.37. The van der Waals surface area contributed by atoms with Crippen molar-refractivity contribution in [2.75, 3.05) is 12.4 Å². The first kappa shape index (κ1) is 24.1. The van der Waals surface area contributed by atoms with Crippen LogP contribution in [0.25, 0.3) is 0 Å². The van der Waals surface area contributed by atoms with Crippen LogP contribution in [0, 0.1) is 6.92 Å². The molecule has 0 fully saturated rings. The summed E-state index contributed by atoms with van der Waals surface area (Å²) in [6, 6.07) is 24.8. The standard InChI is InChI=1S/C26H27N3O3S/c1-19-8-14-24(15-9-19)33-18-26(31)29-27-16-21-10-12-23(13-11-21)32-17-25(30)28-20(2)22-6-4-3-5-7-22/h3-16,20H,17-18H2,1-2H3,(H,28,30)(H,29,31)/b27-16-/t20-/m1/s1. The summed E-state index contributed by atoms with van der Waals surface area (Å²) >= 11 is 1.46. The van der Waals surface area contributed by atoms with Gasteiger partial charge >= 0.3 is 0 Å². The number of carbonyl (C=O) groups excluding carboxylic acids is 2. The highest BCUT2D eigenvalue weighted by Gasteiger charge is 2.09. The minimum atomic E-state index is -0.191. The summed E-state index contributed by atoms with van der Waals surface area (Å²) in [5, 5.41) is 6.90. The molecule has 0 radical (unpaired) electrons. The van der Waals surface area contributed by atoms with Crippen molar-refractivity contribution in [3.05, 3.63) is 95.6 Å². The van der Waals surface area contributed by atoms with Gasteiger partial charge in [-0.05, 0) is 61.4 Å². The number of benzene rings is 3. The van der Waals surface area contributed by atoms with Crippen molar-refractivity contribution in [1.29, 1.82) is 0 Å². The van der Waals surface area contributed by atoms with E-state index in [0.717, 1.165) is 16.0 Å². The van der Waals surface area contributed by atoms with E-state index in [1.165, 1.54) is 17.3 Å². The highest BCUT2D eigenvalue weighted by atomic mass is 32.2. The first-order valence-corrected chi connectivity index (χ1v) is 11.6. The third-order valence-corrected chi connectivity index (χ3v) is 5.73. The second kappa shape index (κ2) is 12.5. The number of hydrogen-bond donors (Lipinski definition) is 2. The van der Waals surface area contributed by atoms with E-state index < -0.39 is 0 Å². The van der Waals surface area contributed by atoms with Gasteiger partial charge in [0.15, 0.2) is 6.61 Å². The van der Waals surface area contributed by atoms with E-state index in [9.17, 15) is 9.59 Å². The fourth-order valence-electron chi connectivity index (χ4n) is 2.90. The van der Waals surface area contributed by atoms with Crippen LogP contribution in [-0.4, -0.2) is 30.4 Å². The number of carbonyl (C=O) groups is 2. The molecular formula is C26H27N3O3S. The number of aryl methyl sites for hydroxylation is 1. The maximum Gasteiger partial charge on any atom is 0.258 e. The van der Waals surface area contributed by atoms with Crippen LogP contribution in [0.4, 0.5) is 0 Å². The van der Waals surface area contributed by atoms with Crippen molar-refractivity contribution in [3.8, 4) is 5.75 Å². The molecule has 0 aliphatic heterocycles. The van der Waals surface area contributed by atoms with Gasteiger partial charge in [-0.1, -0.05) is 48.0 Å². The van der Waals surface area contributed by atoms with Gasteiger partial charge in [0.25, 0.3) is 5.91 Å². The zero-order valence-corrected chi connectivity index (χ0v) is 19.5. The lowest BCUT2D eigenvalue weighted by molar-refractivity contribution is -0.123. The van der Waals surface area contributed by atoms with Gasteiger partial charge in [-0.15, -0.1) is 11.8 Å². The van der Waals surface area contributed by atoms with E-state index >= 15 is 0 Å². The largest absolute Gasteiger partial charge is 0.484 e. The maximum absolute atomic E-state index is 12.1. The monoisotopic (exact) mass is 461 g/mol. The zero-order valence-electron chi connectivity index (χ0n) is 18.7. The predicted octanol–water partition coefficient (Wildman–Crippen LogP) is 4.49. The smallest absolute Gasteiger partial charge is 0.258 e. The Labute approximate surface area is 198 Å². The van der Waals surface area contributed by atoms with Crippen LogP contribution in [-0.2, 0) is 9.59 Å². The number of nitrogens with one attached hydrogen (secondary N) is 2. The maximum atomic E-state index is 12.1. The second-order valence-electron chi connectivity index (χ2n) is 7.45. The van der Waals surface area contributed by atoms with E-state index in [1.807, 2.05) is 68.4 Å². The molecule has 0 aliphatic carbocycles. The lowest BCUT2D eigenvalue weighted by atomic mass is 10.1. The third kappa shape index (κ3) is 8.46. The Bertz CT molecular complexity index is 1070. The van der Waals surface area contributed by atoms with E-state index in [0.29, 0.717) is 5.75 Å². The molecule has 0 aliphatic rings. The highest BCUT2D eigenvalue weighted by Crippen LogP contribution is 2.18.